The monoisotopic (exact) mass is 347 g/mol. The van der Waals surface area contributed by atoms with E-state index in [0.717, 1.165) is 5.56 Å². The maximum Gasteiger partial charge on any atom is 0.277 e. The molecule has 124 valence electrons. The van der Waals surface area contributed by atoms with Gasteiger partial charge in [0.25, 0.3) is 5.91 Å². The first-order valence-corrected chi connectivity index (χ1v) is 7.74. The van der Waals surface area contributed by atoms with Gasteiger partial charge < -0.3 is 5.32 Å². The number of nitrogens with zero attached hydrogens (tertiary/aromatic N) is 4. The quantitative estimate of drug-likeness (QED) is 0.770. The van der Waals surface area contributed by atoms with E-state index >= 15 is 0 Å². The van der Waals surface area contributed by atoms with Gasteiger partial charge in [-0.1, -0.05) is 23.7 Å². The minimum Gasteiger partial charge on any atom is -0.318 e. The number of hydrogen-bond acceptors (Lipinski definition) is 3. The normalized spacial score (nSPS) is 10.8. The summed E-state index contributed by atoms with van der Waals surface area (Å²) in [5, 5.41) is 11.3. The topological polar surface area (TPSA) is 64.7 Å². The molecule has 3 aromatic rings. The van der Waals surface area contributed by atoms with Crippen molar-refractivity contribution in [2.75, 3.05) is 5.32 Å². The summed E-state index contributed by atoms with van der Waals surface area (Å²) < 4.78 is 16.1. The van der Waals surface area contributed by atoms with Crippen LogP contribution in [0.5, 0.6) is 0 Å². The summed E-state index contributed by atoms with van der Waals surface area (Å²) in [4.78, 5) is 12.2. The van der Waals surface area contributed by atoms with Crippen molar-refractivity contribution in [3.8, 4) is 0 Å². The lowest BCUT2D eigenvalue weighted by atomic mass is 10.2. The highest BCUT2D eigenvalue weighted by atomic mass is 35.5. The summed E-state index contributed by atoms with van der Waals surface area (Å²) in [5.41, 5.74) is 1.61. The number of carbonyl (C=O) groups excluding carboxylic acids is 1. The van der Waals surface area contributed by atoms with Gasteiger partial charge in [-0.2, -0.15) is 10.2 Å². The Labute approximate surface area is 142 Å². The third-order valence-electron chi connectivity index (χ3n) is 3.41. The van der Waals surface area contributed by atoms with Crippen LogP contribution in [0, 0.1) is 5.82 Å². The van der Waals surface area contributed by atoms with E-state index in [0.29, 0.717) is 23.8 Å². The lowest BCUT2D eigenvalue weighted by molar-refractivity contribution is 0.102. The predicted octanol–water partition coefficient (Wildman–Crippen LogP) is 3.19. The zero-order valence-corrected chi connectivity index (χ0v) is 13.7. The summed E-state index contributed by atoms with van der Waals surface area (Å²) in [6.45, 7) is 3.01. The van der Waals surface area contributed by atoms with Gasteiger partial charge in [-0.3, -0.25) is 14.2 Å². The molecule has 0 aliphatic heterocycles. The van der Waals surface area contributed by atoms with Crippen molar-refractivity contribution in [3.05, 3.63) is 65.0 Å². The largest absolute Gasteiger partial charge is 0.318 e. The van der Waals surface area contributed by atoms with Gasteiger partial charge in [0.1, 0.15) is 5.82 Å². The molecule has 0 saturated carbocycles. The highest BCUT2D eigenvalue weighted by Gasteiger charge is 2.16. The van der Waals surface area contributed by atoms with Crippen LogP contribution in [0.2, 0.25) is 5.02 Å². The number of halogens is 2. The van der Waals surface area contributed by atoms with E-state index in [2.05, 4.69) is 15.5 Å². The van der Waals surface area contributed by atoms with Crippen LogP contribution in [0.1, 0.15) is 23.0 Å². The average molecular weight is 348 g/mol. The summed E-state index contributed by atoms with van der Waals surface area (Å²) in [7, 11) is 0. The van der Waals surface area contributed by atoms with Gasteiger partial charge in [0.15, 0.2) is 5.69 Å². The zero-order valence-electron chi connectivity index (χ0n) is 12.9. The molecule has 0 bridgehead atoms. The Bertz CT molecular complexity index is 856. The highest BCUT2D eigenvalue weighted by Crippen LogP contribution is 2.16. The standard InChI is InChI=1S/C16H15ClFN5O/c1-2-22-10-14(17)15(21-22)16(24)20-13-7-19-23(9-13)8-11-3-5-12(18)6-4-11/h3-7,9-10H,2,8H2,1H3,(H,20,24). The molecular formula is C16H15ClFN5O. The smallest absolute Gasteiger partial charge is 0.277 e. The van der Waals surface area contributed by atoms with Gasteiger partial charge in [0.2, 0.25) is 0 Å². The van der Waals surface area contributed by atoms with Gasteiger partial charge in [0, 0.05) is 18.9 Å². The molecule has 24 heavy (non-hydrogen) atoms. The molecule has 3 rings (SSSR count). The van der Waals surface area contributed by atoms with Crippen molar-refractivity contribution in [2.24, 2.45) is 0 Å². The Balaban J connectivity index is 1.68. The zero-order chi connectivity index (χ0) is 17.1. The number of carbonyl (C=O) groups is 1. The van der Waals surface area contributed by atoms with E-state index in [1.807, 2.05) is 6.92 Å². The van der Waals surface area contributed by atoms with Crippen molar-refractivity contribution in [1.82, 2.24) is 19.6 Å². The number of aryl methyl sites for hydroxylation is 1. The minimum atomic E-state index is -0.395. The van der Waals surface area contributed by atoms with Crippen LogP contribution in [-0.2, 0) is 13.1 Å². The molecule has 2 aromatic heterocycles. The average Bonchev–Trinajstić information content (AvgIpc) is 3.16. The Morgan fingerprint density at radius 1 is 1.25 bits per heavy atom. The Morgan fingerprint density at radius 3 is 2.67 bits per heavy atom. The van der Waals surface area contributed by atoms with Gasteiger partial charge in [-0.05, 0) is 24.6 Å². The molecule has 6 nitrogen and oxygen atoms in total. The van der Waals surface area contributed by atoms with Crippen LogP contribution in [0.4, 0.5) is 10.1 Å². The van der Waals surface area contributed by atoms with E-state index in [1.165, 1.54) is 18.3 Å². The second-order valence-electron chi connectivity index (χ2n) is 5.19. The van der Waals surface area contributed by atoms with Crippen molar-refractivity contribution >= 4 is 23.2 Å². The molecule has 1 aromatic carbocycles. The molecule has 0 atom stereocenters. The van der Waals surface area contributed by atoms with Crippen LogP contribution < -0.4 is 5.32 Å². The van der Waals surface area contributed by atoms with E-state index < -0.39 is 5.91 Å². The van der Waals surface area contributed by atoms with E-state index in [9.17, 15) is 9.18 Å². The molecule has 1 amide bonds. The van der Waals surface area contributed by atoms with Crippen LogP contribution in [0.3, 0.4) is 0 Å². The second kappa shape index (κ2) is 6.84. The SMILES string of the molecule is CCn1cc(Cl)c(C(=O)Nc2cnn(Cc3ccc(F)cc3)c2)n1. The van der Waals surface area contributed by atoms with Crippen molar-refractivity contribution in [2.45, 2.75) is 20.0 Å². The maximum atomic E-state index is 12.9. The molecule has 0 unspecified atom stereocenters. The molecule has 0 radical (unpaired) electrons. The molecule has 0 spiro atoms. The van der Waals surface area contributed by atoms with Crippen LogP contribution in [-0.4, -0.2) is 25.5 Å². The Morgan fingerprint density at radius 2 is 2.00 bits per heavy atom. The Hall–Kier alpha value is -2.67. The molecule has 0 saturated heterocycles. The molecular weight excluding hydrogens is 333 g/mol. The number of benzene rings is 1. The summed E-state index contributed by atoms with van der Waals surface area (Å²) in [5.74, 6) is -0.677. The van der Waals surface area contributed by atoms with E-state index in [-0.39, 0.29) is 11.5 Å². The summed E-state index contributed by atoms with van der Waals surface area (Å²) in [6.07, 6.45) is 4.83. The molecule has 0 fully saturated rings. The number of hydrogen-bond donors (Lipinski definition) is 1. The van der Waals surface area contributed by atoms with Crippen molar-refractivity contribution < 1.29 is 9.18 Å². The fraction of sp³-hybridized carbons (Fsp3) is 0.188. The number of aromatic nitrogens is 4. The van der Waals surface area contributed by atoms with Crippen LogP contribution in [0.15, 0.2) is 42.9 Å². The van der Waals surface area contributed by atoms with Gasteiger partial charge in [-0.15, -0.1) is 0 Å². The molecule has 0 aliphatic rings. The van der Waals surface area contributed by atoms with Crippen molar-refractivity contribution in [3.63, 3.8) is 0 Å². The summed E-state index contributed by atoms with van der Waals surface area (Å²) in [6, 6.07) is 6.17. The molecule has 1 N–H and O–H groups in total. The number of anilines is 1. The third kappa shape index (κ3) is 3.62. The Kier molecular flexibility index (Phi) is 4.61. The predicted molar refractivity (Wildman–Crippen MR) is 88.6 cm³/mol. The van der Waals surface area contributed by atoms with E-state index in [1.54, 1.807) is 33.9 Å². The fourth-order valence-electron chi connectivity index (χ4n) is 2.19. The van der Waals surface area contributed by atoms with Crippen LogP contribution in [0.25, 0.3) is 0 Å². The second-order valence-corrected chi connectivity index (χ2v) is 5.60. The highest BCUT2D eigenvalue weighted by molar-refractivity contribution is 6.34. The molecule has 8 heteroatoms. The van der Waals surface area contributed by atoms with Crippen LogP contribution >= 0.6 is 11.6 Å². The number of rotatable bonds is 5. The lowest BCUT2D eigenvalue weighted by Crippen LogP contribution is -2.13. The lowest BCUT2D eigenvalue weighted by Gasteiger charge is -2.02. The molecule has 2 heterocycles. The maximum absolute atomic E-state index is 12.9. The minimum absolute atomic E-state index is 0.171. The molecule has 0 aliphatic carbocycles. The van der Waals surface area contributed by atoms with Gasteiger partial charge in [-0.25, -0.2) is 4.39 Å². The summed E-state index contributed by atoms with van der Waals surface area (Å²) >= 11 is 6.01. The third-order valence-corrected chi connectivity index (χ3v) is 3.68. The van der Waals surface area contributed by atoms with Gasteiger partial charge >= 0.3 is 0 Å². The van der Waals surface area contributed by atoms with E-state index in [4.69, 9.17) is 11.6 Å². The number of amides is 1. The van der Waals surface area contributed by atoms with Crippen molar-refractivity contribution in [1.29, 1.82) is 0 Å². The van der Waals surface area contributed by atoms with Gasteiger partial charge in [0.05, 0.1) is 23.5 Å². The first-order valence-electron chi connectivity index (χ1n) is 7.36. The first kappa shape index (κ1) is 16.2. The number of nitrogens with one attached hydrogen (secondary N) is 1. The fourth-order valence-corrected chi connectivity index (χ4v) is 2.43. The first-order chi connectivity index (χ1) is 11.5.